The van der Waals surface area contributed by atoms with Gasteiger partial charge in [0.05, 0.1) is 4.88 Å². The van der Waals surface area contributed by atoms with Crippen molar-refractivity contribution in [1.29, 1.82) is 0 Å². The molecule has 4 nitrogen and oxygen atoms in total. The Hall–Kier alpha value is -2.18. The van der Waals surface area contributed by atoms with E-state index in [-0.39, 0.29) is 0 Å². The summed E-state index contributed by atoms with van der Waals surface area (Å²) in [6, 6.07) is 4.72. The van der Waals surface area contributed by atoms with Crippen LogP contribution in [0.4, 0.5) is 5.13 Å². The molecule has 0 spiro atoms. The van der Waals surface area contributed by atoms with Gasteiger partial charge in [0.25, 0.3) is 0 Å². The highest BCUT2D eigenvalue weighted by atomic mass is 32.1. The Balaban J connectivity index is 1.83. The molecule has 0 unspecified atom stereocenters. The number of nitrogens with zero attached hydrogens (tertiary/aromatic N) is 3. The minimum absolute atomic E-state index is 0.381. The second kappa shape index (κ2) is 5.79. The predicted octanol–water partition coefficient (Wildman–Crippen LogP) is 5.01. The van der Waals surface area contributed by atoms with Gasteiger partial charge in [-0.15, -0.1) is 0 Å². The molecule has 0 saturated heterocycles. The zero-order chi connectivity index (χ0) is 15.8. The summed E-state index contributed by atoms with van der Waals surface area (Å²) in [7, 11) is 0. The SMILES string of the molecule is CC(C)Nc1ncc(-c2cc(-c3ccsc3)c3nccn3c2)s1. The summed E-state index contributed by atoms with van der Waals surface area (Å²) in [5.74, 6) is 0. The highest BCUT2D eigenvalue weighted by Crippen LogP contribution is 2.34. The van der Waals surface area contributed by atoms with Crippen molar-refractivity contribution in [3.8, 4) is 21.6 Å². The van der Waals surface area contributed by atoms with Gasteiger partial charge in [0.2, 0.25) is 0 Å². The molecule has 4 aromatic rings. The van der Waals surface area contributed by atoms with Crippen molar-refractivity contribution in [2.24, 2.45) is 0 Å². The van der Waals surface area contributed by atoms with Crippen molar-refractivity contribution in [3.63, 3.8) is 0 Å². The molecule has 0 aliphatic heterocycles. The Bertz CT molecular complexity index is 935. The third-order valence-electron chi connectivity index (χ3n) is 3.52. The molecule has 0 aliphatic carbocycles. The van der Waals surface area contributed by atoms with Gasteiger partial charge in [0.1, 0.15) is 5.65 Å². The summed E-state index contributed by atoms with van der Waals surface area (Å²) < 4.78 is 2.08. The zero-order valence-electron chi connectivity index (χ0n) is 12.9. The number of thiazole rings is 1. The van der Waals surface area contributed by atoms with Gasteiger partial charge in [-0.25, -0.2) is 9.97 Å². The normalized spacial score (nSPS) is 11.4. The number of anilines is 1. The average molecular weight is 340 g/mol. The molecular formula is C17H16N4S2. The quantitative estimate of drug-likeness (QED) is 0.568. The number of thiophene rings is 1. The van der Waals surface area contributed by atoms with E-state index in [9.17, 15) is 0 Å². The lowest BCUT2D eigenvalue weighted by molar-refractivity contribution is 0.896. The van der Waals surface area contributed by atoms with E-state index in [0.29, 0.717) is 6.04 Å². The lowest BCUT2D eigenvalue weighted by atomic mass is 10.1. The van der Waals surface area contributed by atoms with E-state index in [2.05, 4.69) is 62.6 Å². The minimum atomic E-state index is 0.381. The van der Waals surface area contributed by atoms with Crippen LogP contribution in [0.25, 0.3) is 27.2 Å². The van der Waals surface area contributed by atoms with Gasteiger partial charge < -0.3 is 9.72 Å². The first-order valence-corrected chi connectivity index (χ1v) is 9.18. The highest BCUT2D eigenvalue weighted by Gasteiger charge is 2.12. The number of rotatable bonds is 4. The smallest absolute Gasteiger partial charge is 0.183 e. The van der Waals surface area contributed by atoms with Crippen LogP contribution in [0.15, 0.2) is 47.7 Å². The third-order valence-corrected chi connectivity index (χ3v) is 5.18. The molecule has 0 fully saturated rings. The van der Waals surface area contributed by atoms with Gasteiger partial charge in [-0.1, -0.05) is 11.3 Å². The summed E-state index contributed by atoms with van der Waals surface area (Å²) in [5.41, 5.74) is 4.50. The fourth-order valence-electron chi connectivity index (χ4n) is 2.52. The Morgan fingerprint density at radius 1 is 1.22 bits per heavy atom. The zero-order valence-corrected chi connectivity index (χ0v) is 14.5. The van der Waals surface area contributed by atoms with Crippen molar-refractivity contribution in [3.05, 3.63) is 47.7 Å². The molecule has 1 N–H and O–H groups in total. The van der Waals surface area contributed by atoms with Crippen molar-refractivity contribution in [2.45, 2.75) is 19.9 Å². The van der Waals surface area contributed by atoms with Crippen LogP contribution in [0.2, 0.25) is 0 Å². The maximum Gasteiger partial charge on any atom is 0.183 e. The number of imidazole rings is 1. The van der Waals surface area contributed by atoms with Crippen molar-refractivity contribution >= 4 is 33.5 Å². The first-order valence-electron chi connectivity index (χ1n) is 7.43. The molecule has 23 heavy (non-hydrogen) atoms. The molecule has 0 aromatic carbocycles. The Morgan fingerprint density at radius 3 is 2.91 bits per heavy atom. The van der Waals surface area contributed by atoms with Crippen LogP contribution in [0.5, 0.6) is 0 Å². The molecule has 0 amide bonds. The van der Waals surface area contributed by atoms with Crippen LogP contribution in [-0.2, 0) is 0 Å². The van der Waals surface area contributed by atoms with Crippen molar-refractivity contribution in [1.82, 2.24) is 14.4 Å². The van der Waals surface area contributed by atoms with Gasteiger partial charge in [-0.2, -0.15) is 11.3 Å². The Kier molecular flexibility index (Phi) is 3.63. The van der Waals surface area contributed by atoms with Gasteiger partial charge in [0.15, 0.2) is 5.13 Å². The summed E-state index contributed by atoms with van der Waals surface area (Å²) in [6.45, 7) is 4.24. The van der Waals surface area contributed by atoms with Gasteiger partial charge >= 0.3 is 0 Å². The number of hydrogen-bond donors (Lipinski definition) is 1. The van der Waals surface area contributed by atoms with Gasteiger partial charge in [-0.05, 0) is 42.3 Å². The largest absolute Gasteiger partial charge is 0.359 e. The van der Waals surface area contributed by atoms with E-state index in [4.69, 9.17) is 0 Å². The van der Waals surface area contributed by atoms with E-state index in [1.807, 2.05) is 18.6 Å². The monoisotopic (exact) mass is 340 g/mol. The van der Waals surface area contributed by atoms with Crippen LogP contribution in [-0.4, -0.2) is 20.4 Å². The maximum atomic E-state index is 4.50. The summed E-state index contributed by atoms with van der Waals surface area (Å²) in [6.07, 6.45) is 7.88. The number of hydrogen-bond acceptors (Lipinski definition) is 5. The van der Waals surface area contributed by atoms with Crippen LogP contribution in [0, 0.1) is 0 Å². The van der Waals surface area contributed by atoms with Crippen LogP contribution < -0.4 is 5.32 Å². The predicted molar refractivity (Wildman–Crippen MR) is 98.4 cm³/mol. The van der Waals surface area contributed by atoms with E-state index >= 15 is 0 Å². The molecule has 4 rings (SSSR count). The van der Waals surface area contributed by atoms with Crippen LogP contribution in [0.1, 0.15) is 13.8 Å². The standard InChI is InChI=1S/C17H16N4S2/c1-11(2)20-17-19-8-15(23-17)13-7-14(12-3-6-22-10-12)16-18-4-5-21(16)9-13/h3-11H,1-2H3,(H,19,20). The molecule has 4 heterocycles. The first kappa shape index (κ1) is 14.4. The van der Waals surface area contributed by atoms with Crippen LogP contribution in [0.3, 0.4) is 0 Å². The lowest BCUT2D eigenvalue weighted by Crippen LogP contribution is -2.08. The third kappa shape index (κ3) is 2.75. The number of pyridine rings is 1. The van der Waals surface area contributed by atoms with Gasteiger partial charge in [0, 0.05) is 42.0 Å². The molecule has 0 saturated carbocycles. The van der Waals surface area contributed by atoms with E-state index in [0.717, 1.165) is 26.8 Å². The maximum absolute atomic E-state index is 4.50. The fourth-order valence-corrected chi connectivity index (χ4v) is 4.12. The fraction of sp³-hybridized carbons (Fsp3) is 0.176. The van der Waals surface area contributed by atoms with E-state index in [1.165, 1.54) is 5.56 Å². The summed E-state index contributed by atoms with van der Waals surface area (Å²) >= 11 is 3.38. The second-order valence-electron chi connectivity index (χ2n) is 5.64. The Morgan fingerprint density at radius 2 is 2.13 bits per heavy atom. The summed E-state index contributed by atoms with van der Waals surface area (Å²) in [4.78, 5) is 10.1. The number of fused-ring (bicyclic) bond motifs is 1. The highest BCUT2D eigenvalue weighted by molar-refractivity contribution is 7.18. The molecule has 116 valence electrons. The minimum Gasteiger partial charge on any atom is -0.359 e. The molecule has 0 bridgehead atoms. The number of nitrogens with one attached hydrogen (secondary N) is 1. The molecular weight excluding hydrogens is 324 g/mol. The second-order valence-corrected chi connectivity index (χ2v) is 7.45. The van der Waals surface area contributed by atoms with Crippen molar-refractivity contribution in [2.75, 3.05) is 5.32 Å². The average Bonchev–Trinajstić information content (AvgIpc) is 3.26. The molecule has 0 aliphatic rings. The molecule has 6 heteroatoms. The van der Waals surface area contributed by atoms with Crippen molar-refractivity contribution < 1.29 is 0 Å². The van der Waals surface area contributed by atoms with E-state index < -0.39 is 0 Å². The van der Waals surface area contributed by atoms with Crippen LogP contribution >= 0.6 is 22.7 Å². The number of aromatic nitrogens is 3. The molecule has 0 radical (unpaired) electrons. The Labute approximate surface area is 142 Å². The van der Waals surface area contributed by atoms with Gasteiger partial charge in [-0.3, -0.25) is 0 Å². The molecule has 4 aromatic heterocycles. The topological polar surface area (TPSA) is 42.2 Å². The van der Waals surface area contributed by atoms with E-state index in [1.54, 1.807) is 22.7 Å². The summed E-state index contributed by atoms with van der Waals surface area (Å²) in [5, 5.41) is 8.57. The first-order chi connectivity index (χ1) is 11.2. The lowest BCUT2D eigenvalue weighted by Gasteiger charge is -2.06. The molecule has 0 atom stereocenters.